The third-order valence-corrected chi connectivity index (χ3v) is 7.70. The highest BCUT2D eigenvalue weighted by Gasteiger charge is 2.28. The zero-order valence-electron chi connectivity index (χ0n) is 21.9. The van der Waals surface area contributed by atoms with Gasteiger partial charge >= 0.3 is 0 Å². The maximum Gasteiger partial charge on any atom is 0.265 e. The Hall–Kier alpha value is -3.72. The Morgan fingerprint density at radius 2 is 1.05 bits per heavy atom. The van der Waals surface area contributed by atoms with Gasteiger partial charge in [0.05, 0.1) is 24.2 Å². The maximum atomic E-state index is 14.6. The molecule has 0 atom stereocenters. The lowest BCUT2D eigenvalue weighted by molar-refractivity contribution is 0.240. The van der Waals surface area contributed by atoms with Crippen LogP contribution in [0.15, 0.2) is 52.3 Å². The fourth-order valence-corrected chi connectivity index (χ4v) is 5.84. The number of hydrogen-bond donors (Lipinski definition) is 2. The minimum absolute atomic E-state index is 0.180. The van der Waals surface area contributed by atoms with E-state index in [9.17, 15) is 34.4 Å². The quantitative estimate of drug-likeness (QED) is 0.280. The molecule has 40 heavy (non-hydrogen) atoms. The first-order valence-electron chi connectivity index (χ1n) is 11.6. The van der Waals surface area contributed by atoms with Crippen LogP contribution in [0.5, 0.6) is 17.2 Å². The molecule has 0 aliphatic carbocycles. The van der Waals surface area contributed by atoms with Crippen molar-refractivity contribution in [2.75, 3.05) is 16.6 Å². The van der Waals surface area contributed by atoms with Gasteiger partial charge in [-0.25, -0.2) is 34.4 Å². The van der Waals surface area contributed by atoms with Crippen LogP contribution < -0.4 is 23.7 Å². The van der Waals surface area contributed by atoms with Crippen molar-refractivity contribution >= 4 is 31.4 Å². The second kappa shape index (κ2) is 11.8. The molecule has 3 aromatic rings. The van der Waals surface area contributed by atoms with Gasteiger partial charge in [-0.05, 0) is 45.9 Å². The molecule has 218 valence electrons. The molecule has 0 spiro atoms. The van der Waals surface area contributed by atoms with Gasteiger partial charge in [-0.15, -0.1) is 0 Å². The van der Waals surface area contributed by atoms with Gasteiger partial charge in [0, 0.05) is 24.3 Å². The average molecular weight is 607 g/mol. The molecule has 0 saturated heterocycles. The van der Waals surface area contributed by atoms with Crippen LogP contribution in [-0.2, 0) is 20.0 Å². The van der Waals surface area contributed by atoms with E-state index in [1.54, 1.807) is 37.1 Å². The highest BCUT2D eigenvalue weighted by atomic mass is 32.2. The molecule has 0 bridgehead atoms. The SMILES string of the molecule is COc1ccc(S(=O)(=O)Nc2c(F)cc(OC(C)C)cc2F)cc1S(=O)(=O)Nc1c(F)cc(OC(C)C)cc1F. The molecule has 3 aromatic carbocycles. The van der Waals surface area contributed by atoms with Crippen molar-refractivity contribution < 1.29 is 48.6 Å². The Morgan fingerprint density at radius 3 is 1.43 bits per heavy atom. The number of nitrogens with one attached hydrogen (secondary N) is 2. The van der Waals surface area contributed by atoms with Crippen LogP contribution in [0.3, 0.4) is 0 Å². The number of ether oxygens (including phenoxy) is 3. The van der Waals surface area contributed by atoms with Crippen LogP contribution in [0.25, 0.3) is 0 Å². The van der Waals surface area contributed by atoms with E-state index in [0.29, 0.717) is 6.07 Å². The fraction of sp³-hybridized carbons (Fsp3) is 0.280. The van der Waals surface area contributed by atoms with E-state index in [4.69, 9.17) is 14.2 Å². The highest BCUT2D eigenvalue weighted by molar-refractivity contribution is 7.93. The van der Waals surface area contributed by atoms with Crippen molar-refractivity contribution in [3.05, 3.63) is 65.7 Å². The molecule has 0 heterocycles. The minimum Gasteiger partial charge on any atom is -0.495 e. The lowest BCUT2D eigenvalue weighted by Crippen LogP contribution is -2.19. The summed E-state index contributed by atoms with van der Waals surface area (Å²) in [5.74, 6) is -5.96. The van der Waals surface area contributed by atoms with Gasteiger partial charge in [-0.3, -0.25) is 9.44 Å². The highest BCUT2D eigenvalue weighted by Crippen LogP contribution is 2.33. The number of benzene rings is 3. The number of halogens is 4. The molecule has 2 N–H and O–H groups in total. The summed E-state index contributed by atoms with van der Waals surface area (Å²) in [4.78, 5) is -1.59. The Bertz CT molecular complexity index is 1580. The van der Waals surface area contributed by atoms with Crippen molar-refractivity contribution in [1.29, 1.82) is 0 Å². The molecule has 0 amide bonds. The zero-order chi connectivity index (χ0) is 30.0. The maximum absolute atomic E-state index is 14.6. The number of anilines is 2. The first kappa shape index (κ1) is 30.8. The van der Waals surface area contributed by atoms with Gasteiger partial charge in [0.2, 0.25) is 0 Å². The summed E-state index contributed by atoms with van der Waals surface area (Å²) >= 11 is 0. The summed E-state index contributed by atoms with van der Waals surface area (Å²) in [6.07, 6.45) is -0.833. The first-order chi connectivity index (χ1) is 18.5. The Balaban J connectivity index is 2.00. The molecule has 0 unspecified atom stereocenters. The lowest BCUT2D eigenvalue weighted by atomic mass is 10.3. The van der Waals surface area contributed by atoms with Gasteiger partial charge in [-0.1, -0.05) is 0 Å². The Labute approximate surface area is 229 Å². The monoisotopic (exact) mass is 606 g/mol. The fourth-order valence-electron chi connectivity index (χ4n) is 3.39. The van der Waals surface area contributed by atoms with Crippen LogP contribution in [0, 0.1) is 23.3 Å². The summed E-state index contributed by atoms with van der Waals surface area (Å²) in [6, 6.07) is 5.53. The summed E-state index contributed by atoms with van der Waals surface area (Å²) in [5.41, 5.74) is -2.10. The standard InChI is InChI=1S/C25H26F4N2O7S2/c1-13(2)37-15-8-18(26)24(19(27)9-15)30-39(32,33)17-6-7-22(36-5)23(12-17)40(34,35)31-25-20(28)10-16(11-21(25)29)38-14(3)4/h6-14,30-31H,1-5H3. The van der Waals surface area contributed by atoms with Crippen LogP contribution >= 0.6 is 0 Å². The normalized spacial score (nSPS) is 12.0. The smallest absolute Gasteiger partial charge is 0.265 e. The minimum atomic E-state index is -4.88. The second-order valence-electron chi connectivity index (χ2n) is 8.88. The molecule has 0 saturated carbocycles. The molecule has 0 aromatic heterocycles. The van der Waals surface area contributed by atoms with E-state index in [0.717, 1.165) is 43.5 Å². The molecule has 3 rings (SSSR count). The van der Waals surface area contributed by atoms with E-state index >= 15 is 0 Å². The molecule has 0 radical (unpaired) electrons. The Kier molecular flexibility index (Phi) is 9.09. The predicted octanol–water partition coefficient (Wildman–Crippen LogP) is 5.43. The van der Waals surface area contributed by atoms with Gasteiger partial charge in [0.15, 0.2) is 23.3 Å². The van der Waals surface area contributed by atoms with Gasteiger partial charge in [0.25, 0.3) is 20.0 Å². The van der Waals surface area contributed by atoms with E-state index < -0.39 is 76.7 Å². The summed E-state index contributed by atoms with van der Waals surface area (Å²) in [5, 5.41) is 0. The molecule has 15 heteroatoms. The zero-order valence-corrected chi connectivity index (χ0v) is 23.5. The van der Waals surface area contributed by atoms with E-state index in [1.807, 2.05) is 0 Å². The topological polar surface area (TPSA) is 120 Å². The molecule has 0 fully saturated rings. The van der Waals surface area contributed by atoms with E-state index in [1.165, 1.54) is 0 Å². The summed E-state index contributed by atoms with van der Waals surface area (Å²) < 4.78 is 129. The summed E-state index contributed by atoms with van der Waals surface area (Å²) in [6.45, 7) is 6.48. The van der Waals surface area contributed by atoms with Crippen LogP contribution in [0.1, 0.15) is 27.7 Å². The predicted molar refractivity (Wildman–Crippen MR) is 139 cm³/mol. The van der Waals surface area contributed by atoms with Gasteiger partial charge < -0.3 is 14.2 Å². The molecular weight excluding hydrogens is 580 g/mol. The third kappa shape index (κ3) is 7.07. The van der Waals surface area contributed by atoms with Crippen molar-refractivity contribution in [2.24, 2.45) is 0 Å². The number of hydrogen-bond acceptors (Lipinski definition) is 7. The molecule has 0 aliphatic rings. The first-order valence-corrected chi connectivity index (χ1v) is 14.6. The number of rotatable bonds is 11. The van der Waals surface area contributed by atoms with Crippen LogP contribution in [0.4, 0.5) is 28.9 Å². The average Bonchev–Trinajstić information content (AvgIpc) is 2.82. The van der Waals surface area contributed by atoms with Gasteiger partial charge in [-0.2, -0.15) is 0 Å². The lowest BCUT2D eigenvalue weighted by Gasteiger charge is -2.16. The molecule has 9 nitrogen and oxygen atoms in total. The molecular formula is C25H26F4N2O7S2. The number of sulfonamides is 2. The van der Waals surface area contributed by atoms with Gasteiger partial charge in [0.1, 0.15) is 33.5 Å². The largest absolute Gasteiger partial charge is 0.495 e. The van der Waals surface area contributed by atoms with E-state index in [2.05, 4.69) is 0 Å². The van der Waals surface area contributed by atoms with Crippen molar-refractivity contribution in [3.63, 3.8) is 0 Å². The Morgan fingerprint density at radius 1 is 0.650 bits per heavy atom. The molecule has 0 aliphatic heterocycles. The van der Waals surface area contributed by atoms with E-state index in [-0.39, 0.29) is 17.2 Å². The van der Waals surface area contributed by atoms with Crippen LogP contribution in [0.2, 0.25) is 0 Å². The number of methoxy groups -OCH3 is 1. The van der Waals surface area contributed by atoms with Crippen molar-refractivity contribution in [2.45, 2.75) is 49.7 Å². The second-order valence-corrected chi connectivity index (χ2v) is 12.2. The van der Waals surface area contributed by atoms with Crippen molar-refractivity contribution in [1.82, 2.24) is 0 Å². The third-order valence-electron chi connectivity index (χ3n) is 4.98. The van der Waals surface area contributed by atoms with Crippen LogP contribution in [-0.4, -0.2) is 36.2 Å². The summed E-state index contributed by atoms with van der Waals surface area (Å²) in [7, 11) is -8.60. The van der Waals surface area contributed by atoms with Crippen molar-refractivity contribution in [3.8, 4) is 17.2 Å².